The van der Waals surface area contributed by atoms with Crippen molar-refractivity contribution in [2.45, 2.75) is 6.92 Å². The van der Waals surface area contributed by atoms with E-state index in [1.54, 1.807) is 0 Å². The van der Waals surface area contributed by atoms with E-state index in [4.69, 9.17) is 16.3 Å². The molecule has 1 aromatic heterocycles. The second kappa shape index (κ2) is 5.62. The largest absolute Gasteiger partial charge is 0.475 e. The number of likely N-dealkylation sites (N-methyl/N-ethyl adjacent to an activating group) is 1. The van der Waals surface area contributed by atoms with Crippen molar-refractivity contribution in [2.24, 2.45) is 0 Å². The topological polar surface area (TPSA) is 67.0 Å². The predicted octanol–water partition coefficient (Wildman–Crippen LogP) is 0.412. The van der Waals surface area contributed by atoms with Gasteiger partial charge >= 0.3 is 0 Å². The van der Waals surface area contributed by atoms with E-state index in [1.165, 1.54) is 6.33 Å². The Balaban J connectivity index is 2.51. The molecule has 1 aromatic rings. The van der Waals surface area contributed by atoms with Gasteiger partial charge in [-0.3, -0.25) is 4.79 Å². The molecule has 0 radical (unpaired) electrons. The fraction of sp³-hybridized carbons (Fsp3) is 0.500. The lowest BCUT2D eigenvalue weighted by molar-refractivity contribution is 0.303. The Hall–Kier alpha value is -1.07. The van der Waals surface area contributed by atoms with Gasteiger partial charge in [-0.25, -0.2) is 4.98 Å². The third kappa shape index (κ3) is 3.01. The summed E-state index contributed by atoms with van der Waals surface area (Å²) in [4.78, 5) is 17.2. The minimum absolute atomic E-state index is 0.0102. The number of halogens is 1. The Morgan fingerprint density at radius 3 is 3.21 bits per heavy atom. The van der Waals surface area contributed by atoms with Crippen LogP contribution in [0.15, 0.2) is 11.1 Å². The summed E-state index contributed by atoms with van der Waals surface area (Å²) in [6.45, 7) is 4.00. The first-order valence-electron chi connectivity index (χ1n) is 4.32. The Kier molecular flexibility index (Phi) is 4.42. The van der Waals surface area contributed by atoms with Crippen molar-refractivity contribution < 1.29 is 4.74 Å². The third-order valence-corrected chi connectivity index (χ3v) is 1.87. The lowest BCUT2D eigenvalue weighted by Gasteiger charge is -2.05. The fourth-order valence-electron chi connectivity index (χ4n) is 0.864. The van der Waals surface area contributed by atoms with Gasteiger partial charge in [-0.15, -0.1) is 0 Å². The molecule has 6 heteroatoms. The molecule has 0 aromatic carbocycles. The minimum atomic E-state index is -0.389. The van der Waals surface area contributed by atoms with Gasteiger partial charge in [0.15, 0.2) is 5.02 Å². The number of hydrogen-bond donors (Lipinski definition) is 2. The molecule has 2 N–H and O–H groups in total. The summed E-state index contributed by atoms with van der Waals surface area (Å²) < 4.78 is 5.19. The first-order chi connectivity index (χ1) is 6.75. The molecule has 1 rings (SSSR count). The number of H-pyrrole nitrogens is 1. The number of hydrogen-bond acceptors (Lipinski definition) is 4. The Morgan fingerprint density at radius 1 is 1.71 bits per heavy atom. The van der Waals surface area contributed by atoms with Gasteiger partial charge in [0.05, 0.1) is 6.33 Å². The van der Waals surface area contributed by atoms with Crippen LogP contribution >= 0.6 is 11.6 Å². The van der Waals surface area contributed by atoms with E-state index in [-0.39, 0.29) is 16.5 Å². The molecule has 14 heavy (non-hydrogen) atoms. The van der Waals surface area contributed by atoms with Crippen LogP contribution < -0.4 is 15.6 Å². The van der Waals surface area contributed by atoms with Crippen molar-refractivity contribution in [2.75, 3.05) is 19.7 Å². The van der Waals surface area contributed by atoms with E-state index in [1.807, 2.05) is 6.92 Å². The molecule has 0 fully saturated rings. The van der Waals surface area contributed by atoms with Crippen molar-refractivity contribution in [1.29, 1.82) is 0 Å². The molecule has 0 atom stereocenters. The smallest absolute Gasteiger partial charge is 0.273 e. The average molecular weight is 218 g/mol. The molecule has 0 bridgehead atoms. The number of ether oxygens (including phenoxy) is 1. The third-order valence-electron chi connectivity index (χ3n) is 1.53. The molecule has 0 saturated heterocycles. The summed E-state index contributed by atoms with van der Waals surface area (Å²) in [5, 5.41) is 3.06. The van der Waals surface area contributed by atoms with Crippen LogP contribution in [0, 0.1) is 0 Å². The first kappa shape index (κ1) is 11.0. The number of rotatable bonds is 5. The first-order valence-corrected chi connectivity index (χ1v) is 4.70. The van der Waals surface area contributed by atoms with Gasteiger partial charge in [-0.2, -0.15) is 0 Å². The van der Waals surface area contributed by atoms with Gasteiger partial charge in [-0.1, -0.05) is 18.5 Å². The zero-order valence-electron chi connectivity index (χ0n) is 7.84. The van der Waals surface area contributed by atoms with Gasteiger partial charge in [0.25, 0.3) is 5.56 Å². The van der Waals surface area contributed by atoms with Crippen LogP contribution in [-0.2, 0) is 0 Å². The van der Waals surface area contributed by atoms with Crippen LogP contribution in [-0.4, -0.2) is 29.7 Å². The van der Waals surface area contributed by atoms with Crippen LogP contribution in [0.5, 0.6) is 5.88 Å². The molecule has 0 aliphatic carbocycles. The number of aromatic amines is 1. The van der Waals surface area contributed by atoms with Gasteiger partial charge in [0.1, 0.15) is 6.61 Å². The molecule has 5 nitrogen and oxygen atoms in total. The monoisotopic (exact) mass is 217 g/mol. The summed E-state index contributed by atoms with van der Waals surface area (Å²) in [5.74, 6) is 0.174. The molecule has 0 amide bonds. The molecule has 0 saturated carbocycles. The van der Waals surface area contributed by atoms with Crippen molar-refractivity contribution in [1.82, 2.24) is 15.3 Å². The van der Waals surface area contributed by atoms with Crippen LogP contribution in [0.1, 0.15) is 6.92 Å². The Bertz CT molecular complexity index is 340. The van der Waals surface area contributed by atoms with E-state index in [9.17, 15) is 4.79 Å². The van der Waals surface area contributed by atoms with Crippen LogP contribution in [0.4, 0.5) is 0 Å². The van der Waals surface area contributed by atoms with Crippen molar-refractivity contribution in [3.8, 4) is 5.88 Å². The quantitative estimate of drug-likeness (QED) is 0.702. The van der Waals surface area contributed by atoms with Gasteiger partial charge in [-0.05, 0) is 6.54 Å². The summed E-state index contributed by atoms with van der Waals surface area (Å²) in [6.07, 6.45) is 1.26. The number of aromatic nitrogens is 2. The van der Waals surface area contributed by atoms with Crippen molar-refractivity contribution in [3.63, 3.8) is 0 Å². The predicted molar refractivity (Wildman–Crippen MR) is 53.9 cm³/mol. The maximum Gasteiger partial charge on any atom is 0.273 e. The highest BCUT2D eigenvalue weighted by Gasteiger charge is 2.05. The molecular weight excluding hydrogens is 206 g/mol. The van der Waals surface area contributed by atoms with E-state index in [0.29, 0.717) is 13.2 Å². The second-order valence-electron chi connectivity index (χ2n) is 2.55. The van der Waals surface area contributed by atoms with Gasteiger partial charge < -0.3 is 15.0 Å². The maximum atomic E-state index is 11.0. The lowest BCUT2D eigenvalue weighted by Crippen LogP contribution is -2.21. The molecule has 1 heterocycles. The Morgan fingerprint density at radius 2 is 2.50 bits per heavy atom. The Labute approximate surface area is 86.5 Å². The van der Waals surface area contributed by atoms with E-state index in [2.05, 4.69) is 15.3 Å². The highest BCUT2D eigenvalue weighted by Crippen LogP contribution is 2.14. The highest BCUT2D eigenvalue weighted by molar-refractivity contribution is 6.31. The molecule has 0 unspecified atom stereocenters. The molecule has 0 aliphatic heterocycles. The average Bonchev–Trinajstić information content (AvgIpc) is 2.19. The van der Waals surface area contributed by atoms with E-state index >= 15 is 0 Å². The summed E-state index contributed by atoms with van der Waals surface area (Å²) in [5.41, 5.74) is -0.389. The normalized spacial score (nSPS) is 10.1. The zero-order valence-corrected chi connectivity index (χ0v) is 8.60. The molecule has 0 aliphatic rings. The standard InChI is InChI=1S/C8H12ClN3O2/c1-2-10-3-4-14-8-6(9)7(13)11-5-12-8/h5,10H,2-4H2,1H3,(H,11,12,13). The maximum absolute atomic E-state index is 11.0. The summed E-state index contributed by atoms with van der Waals surface area (Å²) in [6, 6.07) is 0. The number of nitrogens with one attached hydrogen (secondary N) is 2. The zero-order chi connectivity index (χ0) is 10.4. The van der Waals surface area contributed by atoms with Crippen molar-refractivity contribution >= 4 is 11.6 Å². The molecule has 0 spiro atoms. The van der Waals surface area contributed by atoms with Gasteiger partial charge in [0, 0.05) is 6.54 Å². The summed E-state index contributed by atoms with van der Waals surface area (Å²) >= 11 is 5.65. The molecule has 78 valence electrons. The minimum Gasteiger partial charge on any atom is -0.475 e. The van der Waals surface area contributed by atoms with Gasteiger partial charge in [0.2, 0.25) is 5.88 Å². The van der Waals surface area contributed by atoms with Crippen molar-refractivity contribution in [3.05, 3.63) is 21.7 Å². The van der Waals surface area contributed by atoms with Crippen LogP contribution in [0.3, 0.4) is 0 Å². The fourth-order valence-corrected chi connectivity index (χ4v) is 1.02. The SMILES string of the molecule is CCNCCOc1nc[nH]c(=O)c1Cl. The highest BCUT2D eigenvalue weighted by atomic mass is 35.5. The number of nitrogens with zero attached hydrogens (tertiary/aromatic N) is 1. The molecular formula is C8H12ClN3O2. The lowest BCUT2D eigenvalue weighted by atomic mass is 10.6. The second-order valence-corrected chi connectivity index (χ2v) is 2.93. The summed E-state index contributed by atoms with van der Waals surface area (Å²) in [7, 11) is 0. The van der Waals surface area contributed by atoms with Crippen LogP contribution in [0.25, 0.3) is 0 Å². The van der Waals surface area contributed by atoms with E-state index < -0.39 is 0 Å². The van der Waals surface area contributed by atoms with E-state index in [0.717, 1.165) is 6.54 Å². The van der Waals surface area contributed by atoms with Crippen LogP contribution in [0.2, 0.25) is 5.02 Å².